The quantitative estimate of drug-likeness (QED) is 0.923. The number of halogens is 1. The van der Waals surface area contributed by atoms with E-state index >= 15 is 0 Å². The maximum Gasteiger partial charge on any atom is 0.274 e. The standard InChI is InChI=1S/C15H22ClN3O/c1-2-9-17-13-8-7-12(16)14(18-13)15(20)19-10-5-3-4-6-11-19/h7-8H,2-6,9-11H2,1H3,(H,17,18). The van der Waals surface area contributed by atoms with Crippen LogP contribution in [0.3, 0.4) is 0 Å². The second kappa shape index (κ2) is 7.48. The monoisotopic (exact) mass is 295 g/mol. The maximum atomic E-state index is 12.6. The summed E-state index contributed by atoms with van der Waals surface area (Å²) in [5.74, 6) is 0.673. The Morgan fingerprint density at radius 2 is 2.00 bits per heavy atom. The van der Waals surface area contributed by atoms with Crippen LogP contribution in [0, 0.1) is 0 Å². The molecule has 0 atom stereocenters. The van der Waals surface area contributed by atoms with Crippen LogP contribution in [0.15, 0.2) is 12.1 Å². The fourth-order valence-electron chi connectivity index (χ4n) is 2.37. The van der Waals surface area contributed by atoms with Crippen LogP contribution in [0.1, 0.15) is 49.5 Å². The zero-order valence-corrected chi connectivity index (χ0v) is 12.7. The summed E-state index contributed by atoms with van der Waals surface area (Å²) in [5, 5.41) is 3.62. The largest absolute Gasteiger partial charge is 0.370 e. The van der Waals surface area contributed by atoms with E-state index in [4.69, 9.17) is 11.6 Å². The lowest BCUT2D eigenvalue weighted by Gasteiger charge is -2.20. The van der Waals surface area contributed by atoms with E-state index < -0.39 is 0 Å². The van der Waals surface area contributed by atoms with E-state index in [2.05, 4.69) is 17.2 Å². The smallest absolute Gasteiger partial charge is 0.274 e. The van der Waals surface area contributed by atoms with Crippen molar-refractivity contribution in [3.8, 4) is 0 Å². The normalized spacial score (nSPS) is 15.8. The van der Waals surface area contributed by atoms with Crippen molar-refractivity contribution in [1.29, 1.82) is 0 Å². The third kappa shape index (κ3) is 3.85. The van der Waals surface area contributed by atoms with Crippen LogP contribution in [0.2, 0.25) is 5.02 Å². The first kappa shape index (κ1) is 15.1. The van der Waals surface area contributed by atoms with Crippen molar-refractivity contribution in [3.63, 3.8) is 0 Å². The average molecular weight is 296 g/mol. The highest BCUT2D eigenvalue weighted by atomic mass is 35.5. The number of aromatic nitrogens is 1. The number of anilines is 1. The lowest BCUT2D eigenvalue weighted by atomic mass is 10.2. The van der Waals surface area contributed by atoms with Crippen LogP contribution in [0.5, 0.6) is 0 Å². The minimum absolute atomic E-state index is 0.0444. The molecule has 110 valence electrons. The van der Waals surface area contributed by atoms with E-state index in [1.54, 1.807) is 6.07 Å². The molecule has 0 bridgehead atoms. The van der Waals surface area contributed by atoms with Gasteiger partial charge >= 0.3 is 0 Å². The average Bonchev–Trinajstić information content (AvgIpc) is 2.75. The van der Waals surface area contributed by atoms with Gasteiger partial charge in [0, 0.05) is 19.6 Å². The number of rotatable bonds is 4. The second-order valence-corrected chi connectivity index (χ2v) is 5.57. The molecule has 2 rings (SSSR count). The van der Waals surface area contributed by atoms with Gasteiger partial charge in [-0.25, -0.2) is 4.98 Å². The number of amides is 1. The Morgan fingerprint density at radius 3 is 2.65 bits per heavy atom. The van der Waals surface area contributed by atoms with Gasteiger partial charge in [-0.2, -0.15) is 0 Å². The Balaban J connectivity index is 2.14. The van der Waals surface area contributed by atoms with Gasteiger partial charge in [-0.1, -0.05) is 31.4 Å². The molecule has 0 aromatic carbocycles. The van der Waals surface area contributed by atoms with Crippen LogP contribution in [-0.2, 0) is 0 Å². The number of nitrogens with one attached hydrogen (secondary N) is 1. The third-order valence-corrected chi connectivity index (χ3v) is 3.80. The second-order valence-electron chi connectivity index (χ2n) is 5.16. The van der Waals surface area contributed by atoms with Gasteiger partial charge in [-0.3, -0.25) is 4.79 Å². The van der Waals surface area contributed by atoms with Crippen molar-refractivity contribution in [2.75, 3.05) is 25.0 Å². The van der Waals surface area contributed by atoms with Gasteiger partial charge in [0.15, 0.2) is 0 Å². The molecule has 1 N–H and O–H groups in total. The summed E-state index contributed by atoms with van der Waals surface area (Å²) in [7, 11) is 0. The molecular formula is C15H22ClN3O. The fourth-order valence-corrected chi connectivity index (χ4v) is 2.55. The highest BCUT2D eigenvalue weighted by Crippen LogP contribution is 2.20. The number of carbonyl (C=O) groups excluding carboxylic acids is 1. The lowest BCUT2D eigenvalue weighted by molar-refractivity contribution is 0.0756. The topological polar surface area (TPSA) is 45.2 Å². The molecule has 1 aromatic rings. The van der Waals surface area contributed by atoms with Crippen molar-refractivity contribution in [1.82, 2.24) is 9.88 Å². The van der Waals surface area contributed by atoms with Gasteiger partial charge < -0.3 is 10.2 Å². The van der Waals surface area contributed by atoms with E-state index in [0.717, 1.165) is 44.7 Å². The number of nitrogens with zero attached hydrogens (tertiary/aromatic N) is 2. The number of hydrogen-bond donors (Lipinski definition) is 1. The van der Waals surface area contributed by atoms with Gasteiger partial charge in [0.05, 0.1) is 5.02 Å². The van der Waals surface area contributed by atoms with E-state index in [1.807, 2.05) is 11.0 Å². The van der Waals surface area contributed by atoms with Crippen molar-refractivity contribution in [2.45, 2.75) is 39.0 Å². The van der Waals surface area contributed by atoms with Gasteiger partial charge in [0.2, 0.25) is 0 Å². The Morgan fingerprint density at radius 1 is 1.30 bits per heavy atom. The van der Waals surface area contributed by atoms with E-state index in [-0.39, 0.29) is 5.91 Å². The molecule has 1 aliphatic rings. The van der Waals surface area contributed by atoms with Crippen molar-refractivity contribution in [3.05, 3.63) is 22.8 Å². The van der Waals surface area contributed by atoms with Gasteiger partial charge in [0.1, 0.15) is 11.5 Å². The predicted octanol–water partition coefficient (Wildman–Crippen LogP) is 3.57. The summed E-state index contributed by atoms with van der Waals surface area (Å²) in [5.41, 5.74) is 0.370. The van der Waals surface area contributed by atoms with Crippen LogP contribution >= 0.6 is 11.6 Å². The molecule has 0 spiro atoms. The minimum Gasteiger partial charge on any atom is -0.370 e. The first-order valence-corrected chi connectivity index (χ1v) is 7.80. The molecule has 1 fully saturated rings. The highest BCUT2D eigenvalue weighted by molar-refractivity contribution is 6.33. The summed E-state index contributed by atoms with van der Waals surface area (Å²) < 4.78 is 0. The Labute approximate surface area is 125 Å². The molecule has 4 nitrogen and oxygen atoms in total. The summed E-state index contributed by atoms with van der Waals surface area (Å²) in [6.45, 7) is 4.55. The Kier molecular flexibility index (Phi) is 5.65. The molecule has 0 aliphatic carbocycles. The molecule has 0 unspecified atom stereocenters. The number of likely N-dealkylation sites (tertiary alicyclic amines) is 1. The zero-order valence-electron chi connectivity index (χ0n) is 12.0. The lowest BCUT2D eigenvalue weighted by Crippen LogP contribution is -2.32. The fraction of sp³-hybridized carbons (Fsp3) is 0.600. The maximum absolute atomic E-state index is 12.6. The SMILES string of the molecule is CCCNc1ccc(Cl)c(C(=O)N2CCCCCC2)n1. The van der Waals surface area contributed by atoms with Gasteiger partial charge in [0.25, 0.3) is 5.91 Å². The van der Waals surface area contributed by atoms with Crippen LogP contribution < -0.4 is 5.32 Å². The van der Waals surface area contributed by atoms with Crippen LogP contribution in [0.25, 0.3) is 0 Å². The molecular weight excluding hydrogens is 274 g/mol. The van der Waals surface area contributed by atoms with E-state index in [1.165, 1.54) is 12.8 Å². The molecule has 20 heavy (non-hydrogen) atoms. The number of hydrogen-bond acceptors (Lipinski definition) is 3. The molecule has 5 heteroatoms. The molecule has 1 aliphatic heterocycles. The minimum atomic E-state index is -0.0444. The van der Waals surface area contributed by atoms with Crippen molar-refractivity contribution >= 4 is 23.3 Å². The summed E-state index contributed by atoms with van der Waals surface area (Å²) in [4.78, 5) is 18.8. The Bertz CT molecular complexity index is 456. The van der Waals surface area contributed by atoms with Crippen molar-refractivity contribution in [2.24, 2.45) is 0 Å². The first-order valence-electron chi connectivity index (χ1n) is 7.42. The van der Waals surface area contributed by atoms with E-state index in [0.29, 0.717) is 10.7 Å². The first-order chi connectivity index (χ1) is 9.72. The molecule has 0 radical (unpaired) electrons. The summed E-state index contributed by atoms with van der Waals surface area (Å²) >= 11 is 6.15. The number of carbonyl (C=O) groups is 1. The summed E-state index contributed by atoms with van der Waals surface area (Å²) in [6.07, 6.45) is 5.54. The van der Waals surface area contributed by atoms with Crippen molar-refractivity contribution < 1.29 is 4.79 Å². The highest BCUT2D eigenvalue weighted by Gasteiger charge is 2.21. The summed E-state index contributed by atoms with van der Waals surface area (Å²) in [6, 6.07) is 3.56. The third-order valence-electron chi connectivity index (χ3n) is 3.50. The molecule has 1 amide bonds. The van der Waals surface area contributed by atoms with E-state index in [9.17, 15) is 4.79 Å². The zero-order chi connectivity index (χ0) is 14.4. The molecule has 1 saturated heterocycles. The number of pyridine rings is 1. The van der Waals surface area contributed by atoms with Gasteiger partial charge in [-0.05, 0) is 31.4 Å². The van der Waals surface area contributed by atoms with Crippen LogP contribution in [0.4, 0.5) is 5.82 Å². The van der Waals surface area contributed by atoms with Gasteiger partial charge in [-0.15, -0.1) is 0 Å². The van der Waals surface area contributed by atoms with Crippen LogP contribution in [-0.4, -0.2) is 35.4 Å². The Hall–Kier alpha value is -1.29. The molecule has 2 heterocycles. The molecule has 1 aromatic heterocycles. The molecule has 0 saturated carbocycles. The predicted molar refractivity (Wildman–Crippen MR) is 82.4 cm³/mol.